The highest BCUT2D eigenvalue weighted by atomic mass is 16.5. The second-order valence-corrected chi connectivity index (χ2v) is 2.30. The van der Waals surface area contributed by atoms with Crippen molar-refractivity contribution >= 4 is 6.21 Å². The molecule has 0 amide bonds. The van der Waals surface area contributed by atoms with Gasteiger partial charge in [0.1, 0.15) is 11.8 Å². The van der Waals surface area contributed by atoms with Crippen LogP contribution in [-0.2, 0) is 4.74 Å². The molecule has 5 nitrogen and oxygen atoms in total. The van der Waals surface area contributed by atoms with Crippen molar-refractivity contribution in [1.29, 1.82) is 5.26 Å². The molecule has 0 fully saturated rings. The maximum Gasteiger partial charge on any atom is 0.221 e. The van der Waals surface area contributed by atoms with E-state index in [4.69, 9.17) is 15.4 Å². The number of ether oxygens (including phenoxy) is 1. The molecule has 0 aromatic carbocycles. The van der Waals surface area contributed by atoms with Crippen molar-refractivity contribution in [1.82, 2.24) is 0 Å². The minimum atomic E-state index is -0.0182. The summed E-state index contributed by atoms with van der Waals surface area (Å²) in [5, 5.41) is 8.64. The molecular formula is C9H9N3O2. The highest BCUT2D eigenvalue weighted by molar-refractivity contribution is 5.77. The number of aliphatic imine (C=N–C) groups is 1. The first kappa shape index (κ1) is 9.86. The lowest BCUT2D eigenvalue weighted by Crippen LogP contribution is -2.02. The Balaban J connectivity index is 2.82. The molecular weight excluding hydrogens is 182 g/mol. The fourth-order valence-corrected chi connectivity index (χ4v) is 0.737. The molecule has 0 aliphatic rings. The fraction of sp³-hybridized carbons (Fsp3) is 0.111. The van der Waals surface area contributed by atoms with Gasteiger partial charge in [-0.25, -0.2) is 4.99 Å². The molecule has 0 spiro atoms. The Morgan fingerprint density at radius 1 is 1.79 bits per heavy atom. The van der Waals surface area contributed by atoms with Gasteiger partial charge in [0, 0.05) is 0 Å². The number of furan rings is 1. The summed E-state index contributed by atoms with van der Waals surface area (Å²) in [6.45, 7) is 0. The molecule has 0 aliphatic carbocycles. The number of nitrogens with two attached hydrogens (primary N) is 1. The van der Waals surface area contributed by atoms with Crippen molar-refractivity contribution in [2.45, 2.75) is 0 Å². The Kier molecular flexibility index (Phi) is 3.33. The molecule has 0 atom stereocenters. The van der Waals surface area contributed by atoms with Crippen LogP contribution in [0.2, 0.25) is 0 Å². The van der Waals surface area contributed by atoms with Crippen molar-refractivity contribution in [3.05, 3.63) is 35.7 Å². The van der Waals surface area contributed by atoms with E-state index in [1.165, 1.54) is 19.6 Å². The van der Waals surface area contributed by atoms with Crippen LogP contribution < -0.4 is 5.73 Å². The molecule has 0 saturated heterocycles. The van der Waals surface area contributed by atoms with Gasteiger partial charge in [0.05, 0.1) is 19.6 Å². The van der Waals surface area contributed by atoms with Crippen LogP contribution in [0.1, 0.15) is 5.76 Å². The first-order chi connectivity index (χ1) is 6.77. The second kappa shape index (κ2) is 4.72. The topological polar surface area (TPSA) is 84.5 Å². The number of allylic oxidation sites excluding steroid dienone is 1. The molecule has 0 bridgehead atoms. The summed E-state index contributed by atoms with van der Waals surface area (Å²) in [7, 11) is 1.37. The molecule has 14 heavy (non-hydrogen) atoms. The Morgan fingerprint density at radius 2 is 2.57 bits per heavy atom. The standard InChI is InChI=1S/C9H9N3O2/c1-13-9(11)8(5-10)12-6-7-3-2-4-14-7/h2-4,6H,11H2,1H3/b9-8-,12-6?. The fourth-order valence-electron chi connectivity index (χ4n) is 0.737. The highest BCUT2D eigenvalue weighted by Crippen LogP contribution is 2.02. The quantitative estimate of drug-likeness (QED) is 0.438. The van der Waals surface area contributed by atoms with Crippen molar-refractivity contribution in [2.75, 3.05) is 7.11 Å². The number of hydrogen-bond donors (Lipinski definition) is 1. The largest absolute Gasteiger partial charge is 0.481 e. The van der Waals surface area contributed by atoms with Crippen molar-refractivity contribution in [3.63, 3.8) is 0 Å². The van der Waals surface area contributed by atoms with E-state index in [2.05, 4.69) is 9.73 Å². The summed E-state index contributed by atoms with van der Waals surface area (Å²) in [6.07, 6.45) is 2.90. The van der Waals surface area contributed by atoms with Gasteiger partial charge in [-0.2, -0.15) is 5.26 Å². The van der Waals surface area contributed by atoms with E-state index in [0.717, 1.165) is 0 Å². The molecule has 0 aliphatic heterocycles. The normalized spacial score (nSPS) is 12.3. The van der Waals surface area contributed by atoms with E-state index in [9.17, 15) is 0 Å². The lowest BCUT2D eigenvalue weighted by molar-refractivity contribution is 0.284. The van der Waals surface area contributed by atoms with E-state index < -0.39 is 0 Å². The third-order valence-electron chi connectivity index (χ3n) is 1.42. The Morgan fingerprint density at radius 3 is 3.07 bits per heavy atom. The van der Waals surface area contributed by atoms with Gasteiger partial charge in [-0.3, -0.25) is 0 Å². The zero-order valence-electron chi connectivity index (χ0n) is 7.60. The van der Waals surface area contributed by atoms with Crippen molar-refractivity contribution in [2.24, 2.45) is 10.7 Å². The molecule has 0 unspecified atom stereocenters. The van der Waals surface area contributed by atoms with Crippen LogP contribution in [-0.4, -0.2) is 13.3 Å². The minimum absolute atomic E-state index is 0.0175. The third kappa shape index (κ3) is 2.38. The van der Waals surface area contributed by atoms with Crippen LogP contribution in [0.15, 0.2) is 39.4 Å². The molecule has 0 radical (unpaired) electrons. The average Bonchev–Trinajstić information content (AvgIpc) is 2.71. The molecule has 1 rings (SSSR count). The number of nitrogens with zero attached hydrogens (tertiary/aromatic N) is 2. The summed E-state index contributed by atoms with van der Waals surface area (Å²) in [4.78, 5) is 3.81. The zero-order valence-corrected chi connectivity index (χ0v) is 7.60. The van der Waals surface area contributed by atoms with Crippen LogP contribution in [0.25, 0.3) is 0 Å². The first-order valence-electron chi connectivity index (χ1n) is 3.79. The molecule has 72 valence electrons. The summed E-state index contributed by atoms with van der Waals surface area (Å²) >= 11 is 0. The summed E-state index contributed by atoms with van der Waals surface area (Å²) in [5.41, 5.74) is 5.38. The van der Waals surface area contributed by atoms with E-state index >= 15 is 0 Å². The van der Waals surface area contributed by atoms with E-state index in [-0.39, 0.29) is 11.6 Å². The van der Waals surface area contributed by atoms with Gasteiger partial charge >= 0.3 is 0 Å². The van der Waals surface area contributed by atoms with E-state index in [0.29, 0.717) is 5.76 Å². The Hall–Kier alpha value is -2.22. The summed E-state index contributed by atoms with van der Waals surface area (Å²) in [5.74, 6) is 0.525. The maximum atomic E-state index is 8.64. The van der Waals surface area contributed by atoms with Crippen molar-refractivity contribution < 1.29 is 9.15 Å². The maximum absolute atomic E-state index is 8.64. The molecule has 5 heteroatoms. The summed E-state index contributed by atoms with van der Waals surface area (Å²) in [6, 6.07) is 5.23. The minimum Gasteiger partial charge on any atom is -0.481 e. The number of rotatable bonds is 3. The van der Waals surface area contributed by atoms with Crippen LogP contribution in [0.4, 0.5) is 0 Å². The number of nitriles is 1. The smallest absolute Gasteiger partial charge is 0.221 e. The first-order valence-corrected chi connectivity index (χ1v) is 3.79. The molecule has 1 heterocycles. The van der Waals surface area contributed by atoms with Crippen LogP contribution in [0, 0.1) is 11.3 Å². The van der Waals surface area contributed by atoms with E-state index in [1.807, 2.05) is 0 Å². The van der Waals surface area contributed by atoms with Gasteiger partial charge in [-0.15, -0.1) is 0 Å². The van der Waals surface area contributed by atoms with Gasteiger partial charge < -0.3 is 14.9 Å². The van der Waals surface area contributed by atoms with Crippen molar-refractivity contribution in [3.8, 4) is 6.07 Å². The van der Waals surface area contributed by atoms with Gasteiger partial charge in [0.15, 0.2) is 5.70 Å². The molecule has 0 saturated carbocycles. The van der Waals surface area contributed by atoms with E-state index in [1.54, 1.807) is 18.2 Å². The Bertz CT molecular complexity index is 385. The molecule has 1 aromatic rings. The SMILES string of the molecule is CO/C(N)=C(/C#N)N=Cc1ccco1. The molecule has 1 aromatic heterocycles. The Labute approximate surface area is 81.1 Å². The van der Waals surface area contributed by atoms with Gasteiger partial charge in [-0.1, -0.05) is 0 Å². The van der Waals surface area contributed by atoms with Gasteiger partial charge in [0.25, 0.3) is 0 Å². The summed E-state index contributed by atoms with van der Waals surface area (Å²) < 4.78 is 9.64. The lowest BCUT2D eigenvalue weighted by atomic mass is 10.4. The molecule has 2 N–H and O–H groups in total. The highest BCUT2D eigenvalue weighted by Gasteiger charge is 1.99. The van der Waals surface area contributed by atoms with Crippen LogP contribution in [0.5, 0.6) is 0 Å². The third-order valence-corrected chi connectivity index (χ3v) is 1.42. The second-order valence-electron chi connectivity index (χ2n) is 2.30. The average molecular weight is 191 g/mol. The van der Waals surface area contributed by atoms with Crippen LogP contribution in [0.3, 0.4) is 0 Å². The zero-order chi connectivity index (χ0) is 10.4. The number of methoxy groups -OCH3 is 1. The predicted molar refractivity (Wildman–Crippen MR) is 50.1 cm³/mol. The van der Waals surface area contributed by atoms with Gasteiger partial charge in [0.2, 0.25) is 5.88 Å². The monoisotopic (exact) mass is 191 g/mol. The predicted octanol–water partition coefficient (Wildman–Crippen LogP) is 0.996. The number of hydrogen-bond acceptors (Lipinski definition) is 5. The lowest BCUT2D eigenvalue weighted by Gasteiger charge is -1.97. The van der Waals surface area contributed by atoms with Crippen LogP contribution >= 0.6 is 0 Å². The van der Waals surface area contributed by atoms with Gasteiger partial charge in [-0.05, 0) is 12.1 Å².